The second-order valence-electron chi connectivity index (χ2n) is 3.80. The van der Waals surface area contributed by atoms with E-state index in [0.29, 0.717) is 5.75 Å². The van der Waals surface area contributed by atoms with Crippen LogP contribution in [0.4, 0.5) is 5.69 Å². The van der Waals surface area contributed by atoms with Crippen LogP contribution in [0, 0.1) is 10.1 Å². The summed E-state index contributed by atoms with van der Waals surface area (Å²) in [6, 6.07) is 7.23. The molecular weight excluding hydrogens is 266 g/mol. The quantitative estimate of drug-likeness (QED) is 0.484. The van der Waals surface area contributed by atoms with Gasteiger partial charge >= 0.3 is 5.97 Å². The molecular formula is C13H11NO6. The van der Waals surface area contributed by atoms with Crippen molar-refractivity contribution in [2.45, 2.75) is 0 Å². The maximum absolute atomic E-state index is 11.3. The van der Waals surface area contributed by atoms with E-state index in [9.17, 15) is 14.9 Å². The minimum absolute atomic E-state index is 0.0207. The SMILES string of the molecule is COC(=O)c1ccc(-c2ccc(OC)cc2[N+](=O)[O-])o1. The highest BCUT2D eigenvalue weighted by Crippen LogP contribution is 2.34. The summed E-state index contributed by atoms with van der Waals surface area (Å²) in [4.78, 5) is 21.8. The van der Waals surface area contributed by atoms with Crippen molar-refractivity contribution < 1.29 is 23.6 Å². The summed E-state index contributed by atoms with van der Waals surface area (Å²) in [5.74, 6) is -0.0972. The second kappa shape index (κ2) is 5.43. The number of nitro benzene ring substituents is 1. The van der Waals surface area contributed by atoms with E-state index < -0.39 is 10.9 Å². The molecule has 0 bridgehead atoms. The number of hydrogen-bond donors (Lipinski definition) is 0. The van der Waals surface area contributed by atoms with E-state index in [1.165, 1.54) is 38.5 Å². The highest BCUT2D eigenvalue weighted by molar-refractivity contribution is 5.87. The van der Waals surface area contributed by atoms with Gasteiger partial charge in [-0.2, -0.15) is 0 Å². The molecule has 20 heavy (non-hydrogen) atoms. The first-order chi connectivity index (χ1) is 9.56. The van der Waals surface area contributed by atoms with Gasteiger partial charge in [0.1, 0.15) is 11.5 Å². The maximum Gasteiger partial charge on any atom is 0.373 e. The van der Waals surface area contributed by atoms with Crippen LogP contribution in [0.2, 0.25) is 0 Å². The van der Waals surface area contributed by atoms with Crippen molar-refractivity contribution in [3.05, 3.63) is 46.2 Å². The number of benzene rings is 1. The van der Waals surface area contributed by atoms with Gasteiger partial charge in [0, 0.05) is 0 Å². The third kappa shape index (κ3) is 2.46. The van der Waals surface area contributed by atoms with Crippen molar-refractivity contribution >= 4 is 11.7 Å². The number of methoxy groups -OCH3 is 2. The van der Waals surface area contributed by atoms with Crippen LogP contribution < -0.4 is 4.74 Å². The summed E-state index contributed by atoms with van der Waals surface area (Å²) in [7, 11) is 2.64. The van der Waals surface area contributed by atoms with E-state index in [2.05, 4.69) is 4.74 Å². The predicted octanol–water partition coefficient (Wildman–Crippen LogP) is 2.65. The van der Waals surface area contributed by atoms with Gasteiger partial charge < -0.3 is 13.9 Å². The Labute approximate surface area is 113 Å². The molecule has 0 amide bonds. The fourth-order valence-corrected chi connectivity index (χ4v) is 1.69. The third-order valence-corrected chi connectivity index (χ3v) is 2.66. The standard InChI is InChI=1S/C13H11NO6/c1-18-8-3-4-9(10(7-8)14(16)17)11-5-6-12(20-11)13(15)19-2/h3-7H,1-2H3. The molecule has 0 fully saturated rings. The van der Waals surface area contributed by atoms with Crippen molar-refractivity contribution in [2.75, 3.05) is 14.2 Å². The summed E-state index contributed by atoms with van der Waals surface area (Å²) in [5.41, 5.74) is 0.0843. The molecule has 0 radical (unpaired) electrons. The molecule has 0 aliphatic heterocycles. The van der Waals surface area contributed by atoms with E-state index in [0.717, 1.165) is 0 Å². The first kappa shape index (κ1) is 13.6. The fourth-order valence-electron chi connectivity index (χ4n) is 1.69. The molecule has 1 heterocycles. The number of carbonyl (C=O) groups excluding carboxylic acids is 1. The van der Waals surface area contributed by atoms with Gasteiger partial charge in [-0.3, -0.25) is 10.1 Å². The maximum atomic E-state index is 11.3. The molecule has 0 unspecified atom stereocenters. The van der Waals surface area contributed by atoms with E-state index in [4.69, 9.17) is 9.15 Å². The number of rotatable bonds is 4. The Morgan fingerprint density at radius 1 is 1.25 bits per heavy atom. The van der Waals surface area contributed by atoms with Crippen LogP contribution >= 0.6 is 0 Å². The number of nitro groups is 1. The van der Waals surface area contributed by atoms with Gasteiger partial charge in [-0.05, 0) is 24.3 Å². The van der Waals surface area contributed by atoms with Gasteiger partial charge in [-0.1, -0.05) is 0 Å². The zero-order valence-corrected chi connectivity index (χ0v) is 10.8. The zero-order valence-electron chi connectivity index (χ0n) is 10.8. The minimum Gasteiger partial charge on any atom is -0.497 e. The Kier molecular flexibility index (Phi) is 3.69. The van der Waals surface area contributed by atoms with Crippen LogP contribution in [0.25, 0.3) is 11.3 Å². The molecule has 2 rings (SSSR count). The number of carbonyl (C=O) groups is 1. The third-order valence-electron chi connectivity index (χ3n) is 2.66. The minimum atomic E-state index is -0.646. The van der Waals surface area contributed by atoms with Crippen LogP contribution in [-0.2, 0) is 4.74 Å². The van der Waals surface area contributed by atoms with Crippen molar-refractivity contribution in [1.82, 2.24) is 0 Å². The fraction of sp³-hybridized carbons (Fsp3) is 0.154. The summed E-state index contributed by atoms with van der Waals surface area (Å²) in [5, 5.41) is 11.1. The first-order valence-electron chi connectivity index (χ1n) is 5.57. The Morgan fingerprint density at radius 2 is 2.00 bits per heavy atom. The van der Waals surface area contributed by atoms with Crippen LogP contribution in [0.1, 0.15) is 10.6 Å². The number of esters is 1. The van der Waals surface area contributed by atoms with Gasteiger partial charge in [0.2, 0.25) is 5.76 Å². The lowest BCUT2D eigenvalue weighted by Gasteiger charge is -2.03. The van der Waals surface area contributed by atoms with Crippen molar-refractivity contribution in [1.29, 1.82) is 0 Å². The Hall–Kier alpha value is -2.83. The topological polar surface area (TPSA) is 91.8 Å². The average molecular weight is 277 g/mol. The lowest BCUT2D eigenvalue weighted by atomic mass is 10.1. The van der Waals surface area contributed by atoms with E-state index in [1.807, 2.05) is 0 Å². The van der Waals surface area contributed by atoms with Gasteiger partial charge in [-0.15, -0.1) is 0 Å². The highest BCUT2D eigenvalue weighted by Gasteiger charge is 2.21. The Morgan fingerprint density at radius 3 is 2.60 bits per heavy atom. The van der Waals surface area contributed by atoms with Gasteiger partial charge in [0.05, 0.1) is 30.8 Å². The molecule has 0 saturated carbocycles. The summed E-state index contributed by atoms with van der Waals surface area (Å²) < 4.78 is 14.7. The van der Waals surface area contributed by atoms with Crippen molar-refractivity contribution in [2.24, 2.45) is 0 Å². The van der Waals surface area contributed by atoms with Gasteiger partial charge in [-0.25, -0.2) is 4.79 Å². The molecule has 7 nitrogen and oxygen atoms in total. The number of ether oxygens (including phenoxy) is 2. The van der Waals surface area contributed by atoms with Crippen LogP contribution in [-0.4, -0.2) is 25.1 Å². The molecule has 1 aromatic heterocycles. The molecule has 0 aliphatic rings. The molecule has 0 spiro atoms. The van der Waals surface area contributed by atoms with Gasteiger partial charge in [0.15, 0.2) is 0 Å². The second-order valence-corrected chi connectivity index (χ2v) is 3.80. The largest absolute Gasteiger partial charge is 0.497 e. The summed E-state index contributed by atoms with van der Waals surface area (Å²) >= 11 is 0. The van der Waals surface area contributed by atoms with Crippen LogP contribution in [0.5, 0.6) is 5.75 Å². The predicted molar refractivity (Wildman–Crippen MR) is 68.7 cm³/mol. The van der Waals surface area contributed by atoms with Crippen LogP contribution in [0.15, 0.2) is 34.7 Å². The number of nitrogens with zero attached hydrogens (tertiary/aromatic N) is 1. The smallest absolute Gasteiger partial charge is 0.373 e. The molecule has 0 atom stereocenters. The van der Waals surface area contributed by atoms with E-state index in [1.54, 1.807) is 6.07 Å². The van der Waals surface area contributed by atoms with Crippen LogP contribution in [0.3, 0.4) is 0 Å². The summed E-state index contributed by atoms with van der Waals surface area (Å²) in [6.07, 6.45) is 0. The zero-order chi connectivity index (χ0) is 14.7. The highest BCUT2D eigenvalue weighted by atomic mass is 16.6. The molecule has 1 aromatic carbocycles. The molecule has 0 aliphatic carbocycles. The van der Waals surface area contributed by atoms with Crippen molar-refractivity contribution in [3.8, 4) is 17.1 Å². The molecule has 2 aromatic rings. The van der Waals surface area contributed by atoms with E-state index in [-0.39, 0.29) is 22.8 Å². The number of furan rings is 1. The average Bonchev–Trinajstić information content (AvgIpc) is 2.95. The normalized spacial score (nSPS) is 10.1. The Balaban J connectivity index is 2.49. The van der Waals surface area contributed by atoms with Crippen molar-refractivity contribution in [3.63, 3.8) is 0 Å². The monoisotopic (exact) mass is 277 g/mol. The number of hydrogen-bond acceptors (Lipinski definition) is 6. The lowest BCUT2D eigenvalue weighted by molar-refractivity contribution is -0.384. The molecule has 7 heteroatoms. The molecule has 0 N–H and O–H groups in total. The Bertz CT molecular complexity index is 661. The first-order valence-corrected chi connectivity index (χ1v) is 5.57. The molecule has 0 saturated heterocycles. The van der Waals surface area contributed by atoms with Gasteiger partial charge in [0.25, 0.3) is 5.69 Å². The van der Waals surface area contributed by atoms with E-state index >= 15 is 0 Å². The summed E-state index contributed by atoms with van der Waals surface area (Å²) in [6.45, 7) is 0. The molecule has 104 valence electrons. The lowest BCUT2D eigenvalue weighted by Crippen LogP contribution is -1.98.